The number of benzene rings is 2. The number of carbonyl (C=O) groups is 5. The standard InChI is InChI=1S/C31H40BrN5O7/c1-31(2,3)37(17-21(32)15-24(37)27(34)40)29(42)26(39)22(14-19-10-6-4-7-11-19)35-28(41)23(16-25(33)38)36-30(43)44-18-20-12-8-5-9-13-20/h4-13,21-24,26,39H,14-18H2,1-3H3,(H5-,33,34,35,36,38,40,41,43)/p+1/t21-,22-,23-,24-,26-,37?/m0/s1. The minimum atomic E-state index is -1.79. The lowest BCUT2D eigenvalue weighted by molar-refractivity contribution is -0.904. The van der Waals surface area contributed by atoms with Gasteiger partial charge in [0.2, 0.25) is 11.8 Å². The molecule has 1 fully saturated rings. The number of nitrogens with one attached hydrogen (secondary N) is 2. The Morgan fingerprint density at radius 2 is 1.55 bits per heavy atom. The van der Waals surface area contributed by atoms with E-state index in [-0.39, 0.29) is 30.8 Å². The first-order chi connectivity index (χ1) is 20.7. The van der Waals surface area contributed by atoms with Crippen LogP contribution in [0.15, 0.2) is 60.7 Å². The van der Waals surface area contributed by atoms with E-state index >= 15 is 0 Å². The molecule has 12 nitrogen and oxygen atoms in total. The number of primary amides is 2. The van der Waals surface area contributed by atoms with Crippen LogP contribution < -0.4 is 22.1 Å². The lowest BCUT2D eigenvalue weighted by Crippen LogP contribution is -2.73. The molecule has 1 saturated heterocycles. The third-order valence-corrected chi connectivity index (χ3v) is 8.57. The van der Waals surface area contributed by atoms with Crippen molar-refractivity contribution in [2.45, 2.75) is 81.2 Å². The number of hydrogen-bond acceptors (Lipinski definition) is 7. The van der Waals surface area contributed by atoms with E-state index in [1.54, 1.807) is 75.4 Å². The van der Waals surface area contributed by atoms with Gasteiger partial charge in [-0.25, -0.2) is 14.1 Å². The van der Waals surface area contributed by atoms with Crippen LogP contribution in [0, 0.1) is 0 Å². The maximum absolute atomic E-state index is 14.3. The molecule has 2 aromatic carbocycles. The van der Waals surface area contributed by atoms with Crippen LogP contribution >= 0.6 is 15.9 Å². The SMILES string of the molecule is CC(C)(C)[N+]1(C(=O)[C@@H](O)[C@H](Cc2ccccc2)NC(=O)[C@H](CC(N)=O)NC(=O)OCc2ccccc2)C[C@@H](Br)C[C@H]1C(N)=O. The van der Waals surface area contributed by atoms with Crippen molar-refractivity contribution < 1.29 is 38.3 Å². The van der Waals surface area contributed by atoms with Crippen LogP contribution in [0.25, 0.3) is 0 Å². The Bertz CT molecular complexity index is 1340. The van der Waals surface area contributed by atoms with Gasteiger partial charge in [-0.05, 0) is 38.3 Å². The highest BCUT2D eigenvalue weighted by molar-refractivity contribution is 9.09. The summed E-state index contributed by atoms with van der Waals surface area (Å²) in [5.41, 5.74) is 11.7. The summed E-state index contributed by atoms with van der Waals surface area (Å²) in [5, 5.41) is 16.7. The number of nitrogens with two attached hydrogens (primary N) is 2. The lowest BCUT2D eigenvalue weighted by atomic mass is 9.93. The van der Waals surface area contributed by atoms with Gasteiger partial charge in [0.15, 0.2) is 12.1 Å². The Labute approximate surface area is 265 Å². The number of likely N-dealkylation sites (tertiary alicyclic amines) is 1. The summed E-state index contributed by atoms with van der Waals surface area (Å²) < 4.78 is 4.77. The smallest absolute Gasteiger partial charge is 0.408 e. The number of ether oxygens (including phenoxy) is 1. The summed E-state index contributed by atoms with van der Waals surface area (Å²) in [6.07, 6.45) is -3.02. The van der Waals surface area contributed by atoms with E-state index in [1.807, 2.05) is 6.07 Å². The van der Waals surface area contributed by atoms with Gasteiger partial charge >= 0.3 is 12.0 Å². The van der Waals surface area contributed by atoms with E-state index in [4.69, 9.17) is 16.2 Å². The molecule has 6 atom stereocenters. The van der Waals surface area contributed by atoms with Crippen molar-refractivity contribution in [2.75, 3.05) is 6.54 Å². The van der Waals surface area contributed by atoms with Gasteiger partial charge in [0.1, 0.15) is 12.6 Å². The number of quaternary nitrogens is 1. The van der Waals surface area contributed by atoms with Gasteiger partial charge in [-0.3, -0.25) is 14.4 Å². The van der Waals surface area contributed by atoms with E-state index in [2.05, 4.69) is 26.6 Å². The normalized spacial score (nSPS) is 21.8. The number of hydrogen-bond donors (Lipinski definition) is 5. The molecule has 1 heterocycles. The van der Waals surface area contributed by atoms with E-state index < -0.39 is 70.4 Å². The van der Waals surface area contributed by atoms with E-state index in [0.29, 0.717) is 11.1 Å². The largest absolute Gasteiger partial charge is 0.445 e. The average molecular weight is 676 g/mol. The molecule has 2 aromatic rings. The van der Waals surface area contributed by atoms with Crippen LogP contribution in [-0.4, -0.2) is 80.5 Å². The predicted molar refractivity (Wildman–Crippen MR) is 166 cm³/mol. The maximum Gasteiger partial charge on any atom is 0.408 e. The summed E-state index contributed by atoms with van der Waals surface area (Å²) in [6, 6.07) is 14.1. The first kappa shape index (κ1) is 34.7. The van der Waals surface area contributed by atoms with Crippen LogP contribution in [0.5, 0.6) is 0 Å². The molecule has 0 aliphatic carbocycles. The van der Waals surface area contributed by atoms with Crippen LogP contribution in [-0.2, 0) is 36.9 Å². The monoisotopic (exact) mass is 674 g/mol. The van der Waals surface area contributed by atoms with Crippen LogP contribution in [0.3, 0.4) is 0 Å². The third kappa shape index (κ3) is 8.42. The van der Waals surface area contributed by atoms with Crippen LogP contribution in [0.2, 0.25) is 0 Å². The van der Waals surface area contributed by atoms with Crippen LogP contribution in [0.4, 0.5) is 4.79 Å². The Kier molecular flexibility index (Phi) is 11.6. The zero-order valence-corrected chi connectivity index (χ0v) is 26.7. The number of rotatable bonds is 12. The molecule has 0 spiro atoms. The Morgan fingerprint density at radius 1 is 0.977 bits per heavy atom. The quantitative estimate of drug-likeness (QED) is 0.166. The van der Waals surface area contributed by atoms with Gasteiger partial charge in [0.25, 0.3) is 5.91 Å². The summed E-state index contributed by atoms with van der Waals surface area (Å²) in [4.78, 5) is 64.6. The molecule has 7 N–H and O–H groups in total. The molecular formula is C31H41BrN5O7+. The van der Waals surface area contributed by atoms with Gasteiger partial charge in [-0.2, -0.15) is 0 Å². The Hall–Kier alpha value is -3.81. The van der Waals surface area contributed by atoms with Crippen molar-refractivity contribution in [3.8, 4) is 0 Å². The molecule has 238 valence electrons. The van der Waals surface area contributed by atoms with Crippen LogP contribution in [0.1, 0.15) is 44.7 Å². The van der Waals surface area contributed by atoms with Crippen molar-refractivity contribution in [1.29, 1.82) is 0 Å². The molecule has 1 aliphatic heterocycles. The first-order valence-electron chi connectivity index (χ1n) is 14.3. The topological polar surface area (TPSA) is 191 Å². The number of halogens is 1. The first-order valence-corrected chi connectivity index (χ1v) is 15.2. The zero-order valence-electron chi connectivity index (χ0n) is 25.1. The van der Waals surface area contributed by atoms with Gasteiger partial charge < -0.3 is 31.9 Å². The minimum absolute atomic E-state index is 0.0182. The highest BCUT2D eigenvalue weighted by atomic mass is 79.9. The van der Waals surface area contributed by atoms with Crippen molar-refractivity contribution in [3.63, 3.8) is 0 Å². The summed E-state index contributed by atoms with van der Waals surface area (Å²) in [7, 11) is 0. The Morgan fingerprint density at radius 3 is 2.07 bits per heavy atom. The summed E-state index contributed by atoms with van der Waals surface area (Å²) in [6.45, 7) is 5.48. The zero-order chi connectivity index (χ0) is 32.7. The average Bonchev–Trinajstić information content (AvgIpc) is 3.34. The molecule has 3 rings (SSSR count). The highest BCUT2D eigenvalue weighted by Gasteiger charge is 2.62. The number of alkyl carbamates (subject to hydrolysis) is 1. The van der Waals surface area contributed by atoms with Crippen molar-refractivity contribution in [2.24, 2.45) is 11.5 Å². The third-order valence-electron chi connectivity index (χ3n) is 7.90. The molecule has 0 radical (unpaired) electrons. The number of amides is 5. The van der Waals surface area contributed by atoms with Gasteiger partial charge in [0.05, 0.1) is 29.4 Å². The molecular weight excluding hydrogens is 634 g/mol. The molecule has 1 aliphatic rings. The number of alkyl halides is 1. The fourth-order valence-electron chi connectivity index (χ4n) is 5.70. The highest BCUT2D eigenvalue weighted by Crippen LogP contribution is 2.40. The van der Waals surface area contributed by atoms with Gasteiger partial charge in [0, 0.05) is 6.42 Å². The van der Waals surface area contributed by atoms with E-state index in [0.717, 1.165) is 0 Å². The minimum Gasteiger partial charge on any atom is -0.445 e. The predicted octanol–water partition coefficient (Wildman–Crippen LogP) is 1.41. The fraction of sp³-hybridized carbons (Fsp3) is 0.452. The lowest BCUT2D eigenvalue weighted by Gasteiger charge is -2.47. The second kappa shape index (κ2) is 14.8. The molecule has 1 unspecified atom stereocenters. The summed E-state index contributed by atoms with van der Waals surface area (Å²) >= 11 is 3.53. The van der Waals surface area contributed by atoms with Crippen molar-refractivity contribution >= 4 is 45.7 Å². The van der Waals surface area contributed by atoms with E-state index in [1.165, 1.54) is 0 Å². The number of carbonyl (C=O) groups excluding carboxylic acids is 5. The number of nitrogens with zero attached hydrogens (tertiary/aromatic N) is 1. The second-order valence-electron chi connectivity index (χ2n) is 12.0. The van der Waals surface area contributed by atoms with E-state index in [9.17, 15) is 29.1 Å². The molecule has 0 bridgehead atoms. The fourth-order valence-corrected chi connectivity index (χ4v) is 6.51. The van der Waals surface area contributed by atoms with Gasteiger partial charge in [-0.1, -0.05) is 76.6 Å². The van der Waals surface area contributed by atoms with Gasteiger partial charge in [-0.15, -0.1) is 0 Å². The molecule has 13 heteroatoms. The van der Waals surface area contributed by atoms with Crippen molar-refractivity contribution in [1.82, 2.24) is 10.6 Å². The summed E-state index contributed by atoms with van der Waals surface area (Å²) in [5.74, 6) is -3.09. The number of aliphatic hydroxyl groups excluding tert-OH is 1. The molecule has 44 heavy (non-hydrogen) atoms. The number of aliphatic hydroxyl groups is 1. The maximum atomic E-state index is 14.3. The Balaban J connectivity index is 1.89. The molecule has 5 amide bonds. The molecule has 0 saturated carbocycles. The molecule has 0 aromatic heterocycles. The second-order valence-corrected chi connectivity index (χ2v) is 13.3. The van der Waals surface area contributed by atoms with Crippen molar-refractivity contribution in [3.05, 3.63) is 71.8 Å².